The van der Waals surface area contributed by atoms with E-state index in [1.165, 1.54) is 12.1 Å². The number of rotatable bonds is 3. The topological polar surface area (TPSA) is 12.0 Å². The monoisotopic (exact) mass is 469 g/mol. The first kappa shape index (κ1) is 15.3. The molecule has 0 bridgehead atoms. The van der Waals surface area contributed by atoms with Crippen LogP contribution in [0, 0.1) is 5.82 Å². The highest BCUT2D eigenvalue weighted by atomic mass is 79.9. The molecule has 0 unspecified atom stereocenters. The predicted octanol–water partition coefficient (Wildman–Crippen LogP) is 6.38. The summed E-state index contributed by atoms with van der Waals surface area (Å²) in [7, 11) is 0. The normalized spacial score (nSPS) is 10.6. The van der Waals surface area contributed by atoms with E-state index in [4.69, 9.17) is 11.6 Å². The molecule has 0 fully saturated rings. The van der Waals surface area contributed by atoms with Crippen LogP contribution in [0.5, 0.6) is 0 Å². The van der Waals surface area contributed by atoms with Gasteiger partial charge < -0.3 is 5.32 Å². The van der Waals surface area contributed by atoms with Crippen LogP contribution in [-0.4, -0.2) is 0 Å². The molecule has 0 radical (unpaired) electrons. The second-order valence-corrected chi connectivity index (χ2v) is 6.87. The van der Waals surface area contributed by atoms with E-state index in [1.807, 2.05) is 12.1 Å². The summed E-state index contributed by atoms with van der Waals surface area (Å²) in [4.78, 5) is 0. The fourth-order valence-corrected chi connectivity index (χ4v) is 4.30. The van der Waals surface area contributed by atoms with Crippen LogP contribution in [0.25, 0.3) is 0 Å². The molecule has 0 atom stereocenters. The largest absolute Gasteiger partial charge is 0.379 e. The average molecular weight is 472 g/mol. The van der Waals surface area contributed by atoms with Gasteiger partial charge in [-0.05, 0) is 67.8 Å². The van der Waals surface area contributed by atoms with Gasteiger partial charge in [-0.2, -0.15) is 0 Å². The zero-order chi connectivity index (χ0) is 14.0. The number of benzene rings is 2. The zero-order valence-corrected chi connectivity index (χ0v) is 15.0. The lowest BCUT2D eigenvalue weighted by Crippen LogP contribution is -2.02. The van der Waals surface area contributed by atoms with Crippen molar-refractivity contribution in [3.05, 3.63) is 60.2 Å². The molecule has 1 nitrogen and oxygen atoms in total. The van der Waals surface area contributed by atoms with Crippen LogP contribution in [0.3, 0.4) is 0 Å². The lowest BCUT2D eigenvalue weighted by atomic mass is 10.2. The first-order valence-electron chi connectivity index (χ1n) is 5.29. The second kappa shape index (κ2) is 6.57. The van der Waals surface area contributed by atoms with E-state index < -0.39 is 0 Å². The summed E-state index contributed by atoms with van der Waals surface area (Å²) in [6.07, 6.45) is 0. The van der Waals surface area contributed by atoms with E-state index >= 15 is 0 Å². The van der Waals surface area contributed by atoms with E-state index in [0.29, 0.717) is 17.1 Å². The summed E-state index contributed by atoms with van der Waals surface area (Å²) in [6.45, 7) is 0.440. The molecule has 2 aromatic rings. The van der Waals surface area contributed by atoms with Gasteiger partial charge in [0, 0.05) is 25.0 Å². The summed E-state index contributed by atoms with van der Waals surface area (Å²) in [5, 5.41) is 3.77. The van der Waals surface area contributed by atoms with Crippen LogP contribution in [0.2, 0.25) is 5.02 Å². The third-order valence-electron chi connectivity index (χ3n) is 2.47. The number of hydrogen-bond acceptors (Lipinski definition) is 1. The molecule has 2 rings (SSSR count). The molecule has 2 aromatic carbocycles. The Morgan fingerprint density at radius 1 is 1.05 bits per heavy atom. The second-order valence-electron chi connectivity index (χ2n) is 3.83. The molecule has 1 N–H and O–H groups in total. The lowest BCUT2D eigenvalue weighted by Gasteiger charge is -2.12. The summed E-state index contributed by atoms with van der Waals surface area (Å²) in [5.74, 6) is -0.296. The number of hydrogen-bond donors (Lipinski definition) is 1. The van der Waals surface area contributed by atoms with E-state index in [2.05, 4.69) is 53.1 Å². The number of nitrogens with one attached hydrogen (secondary N) is 1. The molecule has 100 valence electrons. The molecule has 0 heterocycles. The average Bonchev–Trinajstić information content (AvgIpc) is 2.32. The van der Waals surface area contributed by atoms with E-state index in [1.54, 1.807) is 6.07 Å². The highest BCUT2D eigenvalue weighted by Gasteiger charge is 2.08. The fraction of sp³-hybridized carbons (Fsp3) is 0.0769. The van der Waals surface area contributed by atoms with Crippen molar-refractivity contribution in [3.8, 4) is 0 Å². The van der Waals surface area contributed by atoms with Gasteiger partial charge in [-0.25, -0.2) is 4.39 Å². The van der Waals surface area contributed by atoms with Crippen LogP contribution in [0.1, 0.15) is 5.56 Å². The first-order valence-corrected chi connectivity index (χ1v) is 8.05. The number of halogens is 5. The summed E-state index contributed by atoms with van der Waals surface area (Å²) < 4.78 is 15.9. The molecule has 0 aromatic heterocycles. The van der Waals surface area contributed by atoms with Gasteiger partial charge in [-0.1, -0.05) is 27.5 Å². The van der Waals surface area contributed by atoms with Crippen molar-refractivity contribution in [2.45, 2.75) is 6.54 Å². The predicted molar refractivity (Wildman–Crippen MR) is 88.3 cm³/mol. The standard InChI is InChI=1S/C13H8Br3ClFN/c14-8-4-10(15)13(11(16)5-8)19-6-7-3-9(18)1-2-12(7)17/h1-5,19H,6H2. The molecule has 0 amide bonds. The molecule has 0 aliphatic heterocycles. The maximum Gasteiger partial charge on any atom is 0.123 e. The maximum absolute atomic E-state index is 13.2. The molecule has 6 heteroatoms. The summed E-state index contributed by atoms with van der Waals surface area (Å²) >= 11 is 16.4. The smallest absolute Gasteiger partial charge is 0.123 e. The third kappa shape index (κ3) is 3.94. The van der Waals surface area contributed by atoms with Crippen molar-refractivity contribution in [1.82, 2.24) is 0 Å². The van der Waals surface area contributed by atoms with E-state index in [9.17, 15) is 4.39 Å². The molecule has 0 aliphatic carbocycles. The van der Waals surface area contributed by atoms with Gasteiger partial charge in [0.25, 0.3) is 0 Å². The Labute approximate surface area is 140 Å². The van der Waals surface area contributed by atoms with Crippen molar-refractivity contribution < 1.29 is 4.39 Å². The minimum Gasteiger partial charge on any atom is -0.379 e. The van der Waals surface area contributed by atoms with Crippen LogP contribution < -0.4 is 5.32 Å². The SMILES string of the molecule is Fc1ccc(Cl)c(CNc2c(Br)cc(Br)cc2Br)c1. The zero-order valence-electron chi connectivity index (χ0n) is 9.48. The molecular weight excluding hydrogens is 464 g/mol. The Hall–Kier alpha value is -0.100. The van der Waals surface area contributed by atoms with Crippen molar-refractivity contribution in [1.29, 1.82) is 0 Å². The van der Waals surface area contributed by atoms with Gasteiger partial charge in [-0.3, -0.25) is 0 Å². The van der Waals surface area contributed by atoms with Crippen molar-refractivity contribution >= 4 is 65.1 Å². The number of anilines is 1. The van der Waals surface area contributed by atoms with Gasteiger partial charge in [0.2, 0.25) is 0 Å². The fourth-order valence-electron chi connectivity index (χ4n) is 1.57. The van der Waals surface area contributed by atoms with Crippen molar-refractivity contribution in [2.75, 3.05) is 5.32 Å². The van der Waals surface area contributed by atoms with Crippen molar-refractivity contribution in [3.63, 3.8) is 0 Å². The van der Waals surface area contributed by atoms with E-state index in [-0.39, 0.29) is 5.82 Å². The van der Waals surface area contributed by atoms with Crippen LogP contribution in [0.15, 0.2) is 43.7 Å². The Morgan fingerprint density at radius 2 is 1.68 bits per heavy atom. The Kier molecular flexibility index (Phi) is 5.29. The van der Waals surface area contributed by atoms with Crippen LogP contribution in [0.4, 0.5) is 10.1 Å². The molecule has 0 saturated heterocycles. The first-order chi connectivity index (χ1) is 8.97. The highest BCUT2D eigenvalue weighted by molar-refractivity contribution is 9.11. The molecular formula is C13H8Br3ClFN. The van der Waals surface area contributed by atoms with Crippen molar-refractivity contribution in [2.24, 2.45) is 0 Å². The van der Waals surface area contributed by atoms with Gasteiger partial charge in [0.1, 0.15) is 5.82 Å². The Bertz CT molecular complexity index is 596. The lowest BCUT2D eigenvalue weighted by molar-refractivity contribution is 0.626. The Balaban J connectivity index is 2.21. The van der Waals surface area contributed by atoms with Gasteiger partial charge >= 0.3 is 0 Å². The third-order valence-corrected chi connectivity index (χ3v) is 4.55. The van der Waals surface area contributed by atoms with Gasteiger partial charge in [0.15, 0.2) is 0 Å². The quantitative estimate of drug-likeness (QED) is 0.547. The van der Waals surface area contributed by atoms with Gasteiger partial charge in [-0.15, -0.1) is 0 Å². The van der Waals surface area contributed by atoms with Crippen LogP contribution in [-0.2, 0) is 6.54 Å². The Morgan fingerprint density at radius 3 is 2.32 bits per heavy atom. The molecule has 19 heavy (non-hydrogen) atoms. The van der Waals surface area contributed by atoms with Crippen LogP contribution >= 0.6 is 59.4 Å². The highest BCUT2D eigenvalue weighted by Crippen LogP contribution is 2.35. The molecule has 0 saturated carbocycles. The minimum absolute atomic E-state index is 0.296. The minimum atomic E-state index is -0.296. The summed E-state index contributed by atoms with van der Waals surface area (Å²) in [6, 6.07) is 8.19. The molecule has 0 aliphatic rings. The molecule has 0 spiro atoms. The summed E-state index contributed by atoms with van der Waals surface area (Å²) in [5.41, 5.74) is 1.60. The van der Waals surface area contributed by atoms with E-state index in [0.717, 1.165) is 19.1 Å². The van der Waals surface area contributed by atoms with Gasteiger partial charge in [0.05, 0.1) is 5.69 Å². The maximum atomic E-state index is 13.2.